The number of Topliss-reactive ketones (excluding diaryl/α,β-unsaturated/α-hetero) is 1. The Labute approximate surface area is 110 Å². The zero-order valence-corrected chi connectivity index (χ0v) is 10.1. The summed E-state index contributed by atoms with van der Waals surface area (Å²) in [5, 5.41) is 0. The van der Waals surface area contributed by atoms with Crippen molar-refractivity contribution >= 4 is 5.78 Å². The summed E-state index contributed by atoms with van der Waals surface area (Å²) in [7, 11) is 0. The highest BCUT2D eigenvalue weighted by Gasteiger charge is 2.38. The second-order valence-corrected chi connectivity index (χ2v) is 4.75. The molecule has 0 heterocycles. The van der Waals surface area contributed by atoms with Crippen molar-refractivity contribution in [1.29, 1.82) is 0 Å². The Kier molecular flexibility index (Phi) is 3.56. The molecule has 0 spiro atoms. The van der Waals surface area contributed by atoms with Gasteiger partial charge in [-0.15, -0.1) is 0 Å². The molecule has 1 aliphatic rings. The Morgan fingerprint density at radius 1 is 0.900 bits per heavy atom. The minimum atomic E-state index is -4.88. The predicted octanol–water partition coefficient (Wildman–Crippen LogP) is 4.56. The van der Waals surface area contributed by atoms with Crippen LogP contribution in [-0.4, -0.2) is 5.78 Å². The summed E-state index contributed by atoms with van der Waals surface area (Å²) in [5.74, 6) is -1.17. The van der Waals surface area contributed by atoms with Crippen molar-refractivity contribution in [3.63, 3.8) is 0 Å². The first-order valence-corrected chi connectivity index (χ1v) is 5.91. The second kappa shape index (κ2) is 4.79. The average molecular weight is 296 g/mol. The molecule has 1 unspecified atom stereocenters. The van der Waals surface area contributed by atoms with Gasteiger partial charge >= 0.3 is 12.4 Å². The Hall–Kier alpha value is -1.53. The van der Waals surface area contributed by atoms with Crippen LogP contribution in [0.4, 0.5) is 26.3 Å². The van der Waals surface area contributed by atoms with Crippen molar-refractivity contribution in [2.45, 2.75) is 37.5 Å². The monoisotopic (exact) mass is 296 g/mol. The zero-order valence-electron chi connectivity index (χ0n) is 10.1. The van der Waals surface area contributed by atoms with Crippen LogP contribution in [0.15, 0.2) is 18.2 Å². The molecule has 0 aromatic heterocycles. The molecule has 1 aromatic carbocycles. The molecule has 1 aromatic rings. The maximum Gasteiger partial charge on any atom is 0.416 e. The Morgan fingerprint density at radius 3 is 1.75 bits per heavy atom. The summed E-state index contributed by atoms with van der Waals surface area (Å²) in [6, 6.07) is 1.36. The smallest absolute Gasteiger partial charge is 0.299 e. The molecule has 1 atom stereocenters. The van der Waals surface area contributed by atoms with E-state index in [0.717, 1.165) is 0 Å². The molecule has 1 nitrogen and oxygen atoms in total. The molecule has 110 valence electrons. The first kappa shape index (κ1) is 14.9. The molecule has 2 rings (SSSR count). The Bertz CT molecular complexity index is 496. The molecule has 1 aliphatic carbocycles. The van der Waals surface area contributed by atoms with Crippen LogP contribution in [0.25, 0.3) is 0 Å². The van der Waals surface area contributed by atoms with Crippen LogP contribution in [0, 0.1) is 0 Å². The molecule has 0 N–H and O–H groups in total. The van der Waals surface area contributed by atoms with Crippen molar-refractivity contribution < 1.29 is 31.1 Å². The van der Waals surface area contributed by atoms with E-state index in [2.05, 4.69) is 0 Å². The summed E-state index contributed by atoms with van der Waals surface area (Å²) < 4.78 is 76.0. The van der Waals surface area contributed by atoms with Crippen molar-refractivity contribution in [3.05, 3.63) is 34.9 Å². The van der Waals surface area contributed by atoms with E-state index in [4.69, 9.17) is 0 Å². The highest BCUT2D eigenvalue weighted by molar-refractivity contribution is 5.87. The molecule has 0 radical (unpaired) electrons. The van der Waals surface area contributed by atoms with Gasteiger partial charge < -0.3 is 0 Å². The second-order valence-electron chi connectivity index (χ2n) is 4.75. The third-order valence-corrected chi connectivity index (χ3v) is 3.32. The van der Waals surface area contributed by atoms with Crippen LogP contribution >= 0.6 is 0 Å². The van der Waals surface area contributed by atoms with Gasteiger partial charge in [-0.25, -0.2) is 0 Å². The molecule has 20 heavy (non-hydrogen) atoms. The predicted molar refractivity (Wildman–Crippen MR) is 58.0 cm³/mol. The van der Waals surface area contributed by atoms with Crippen molar-refractivity contribution in [2.75, 3.05) is 0 Å². The van der Waals surface area contributed by atoms with Crippen molar-refractivity contribution in [2.24, 2.45) is 0 Å². The fourth-order valence-corrected chi connectivity index (χ4v) is 2.35. The highest BCUT2D eigenvalue weighted by Crippen LogP contribution is 2.40. The normalized spacial score (nSPS) is 20.5. The summed E-state index contributed by atoms with van der Waals surface area (Å²) in [6.45, 7) is 0. The molecule has 7 heteroatoms. The number of carbonyl (C=O) groups is 1. The number of halogens is 6. The van der Waals surface area contributed by atoms with Gasteiger partial charge in [0.15, 0.2) is 0 Å². The van der Waals surface area contributed by atoms with Crippen molar-refractivity contribution in [1.82, 2.24) is 0 Å². The van der Waals surface area contributed by atoms with E-state index < -0.39 is 29.4 Å². The van der Waals surface area contributed by atoms with Gasteiger partial charge in [0, 0.05) is 12.3 Å². The molecule has 0 amide bonds. The van der Waals surface area contributed by atoms with Gasteiger partial charge in [-0.1, -0.05) is 0 Å². The molecular formula is C13H10F6O. The fraction of sp³-hybridized carbons (Fsp3) is 0.462. The molecule has 0 aliphatic heterocycles. The van der Waals surface area contributed by atoms with Gasteiger partial charge in [-0.3, -0.25) is 4.79 Å². The molecule has 1 fully saturated rings. The summed E-state index contributed by atoms with van der Waals surface area (Å²) in [5.41, 5.74) is -2.95. The maximum atomic E-state index is 12.7. The number of rotatable bonds is 1. The van der Waals surface area contributed by atoms with Crippen LogP contribution in [0.5, 0.6) is 0 Å². The topological polar surface area (TPSA) is 17.1 Å². The van der Waals surface area contributed by atoms with Gasteiger partial charge in [0.05, 0.1) is 11.1 Å². The van der Waals surface area contributed by atoms with Crippen LogP contribution in [-0.2, 0) is 17.1 Å². The van der Waals surface area contributed by atoms with Gasteiger partial charge in [-0.05, 0) is 36.6 Å². The molecular weight excluding hydrogens is 286 g/mol. The van der Waals surface area contributed by atoms with Crippen LogP contribution in [0.2, 0.25) is 0 Å². The first-order chi connectivity index (χ1) is 9.09. The SMILES string of the molecule is O=C1CCCC1c1cc(C(F)(F)F)cc(C(F)(F)F)c1. The van der Waals surface area contributed by atoms with E-state index in [0.29, 0.717) is 18.6 Å². The Morgan fingerprint density at radius 2 is 1.40 bits per heavy atom. The third-order valence-electron chi connectivity index (χ3n) is 3.32. The number of ketones is 1. The fourth-order valence-electron chi connectivity index (χ4n) is 2.35. The number of benzene rings is 1. The van der Waals surface area contributed by atoms with E-state index in [1.807, 2.05) is 0 Å². The standard InChI is InChI=1S/C13H10F6O/c14-12(15,16)8-4-7(10-2-1-3-11(10)20)5-9(6-8)13(17,18)19/h4-6,10H,1-3H2. The summed E-state index contributed by atoms with van der Waals surface area (Å²) >= 11 is 0. The lowest BCUT2D eigenvalue weighted by Gasteiger charge is -2.16. The van der Waals surface area contributed by atoms with Crippen LogP contribution < -0.4 is 0 Å². The highest BCUT2D eigenvalue weighted by atomic mass is 19.4. The third kappa shape index (κ3) is 2.96. The zero-order chi connectivity index (χ0) is 15.1. The van der Waals surface area contributed by atoms with Crippen molar-refractivity contribution in [3.8, 4) is 0 Å². The van der Waals surface area contributed by atoms with Gasteiger partial charge in [0.2, 0.25) is 0 Å². The van der Waals surface area contributed by atoms with E-state index in [1.54, 1.807) is 0 Å². The van der Waals surface area contributed by atoms with Gasteiger partial charge in [0.25, 0.3) is 0 Å². The lowest BCUT2D eigenvalue weighted by atomic mass is 9.93. The van der Waals surface area contributed by atoms with E-state index in [1.165, 1.54) is 0 Å². The van der Waals surface area contributed by atoms with Gasteiger partial charge in [-0.2, -0.15) is 26.3 Å². The average Bonchev–Trinajstić information content (AvgIpc) is 2.72. The number of carbonyl (C=O) groups excluding carboxylic acids is 1. The van der Waals surface area contributed by atoms with E-state index in [-0.39, 0.29) is 30.3 Å². The minimum absolute atomic E-state index is 0.0723. The van der Waals surface area contributed by atoms with Crippen LogP contribution in [0.3, 0.4) is 0 Å². The molecule has 0 bridgehead atoms. The Balaban J connectivity index is 2.54. The maximum absolute atomic E-state index is 12.7. The van der Waals surface area contributed by atoms with E-state index >= 15 is 0 Å². The van der Waals surface area contributed by atoms with Crippen LogP contribution in [0.1, 0.15) is 41.9 Å². The summed E-state index contributed by atoms with van der Waals surface area (Å²) in [4.78, 5) is 11.5. The molecule has 0 saturated heterocycles. The molecule has 1 saturated carbocycles. The number of hydrogen-bond acceptors (Lipinski definition) is 1. The van der Waals surface area contributed by atoms with E-state index in [9.17, 15) is 31.1 Å². The number of hydrogen-bond donors (Lipinski definition) is 0. The lowest BCUT2D eigenvalue weighted by molar-refractivity contribution is -0.143. The quantitative estimate of drug-likeness (QED) is 0.694. The van der Waals surface area contributed by atoms with Gasteiger partial charge in [0.1, 0.15) is 5.78 Å². The minimum Gasteiger partial charge on any atom is -0.299 e. The summed E-state index contributed by atoms with van der Waals surface area (Å²) in [6.07, 6.45) is -8.78. The first-order valence-electron chi connectivity index (χ1n) is 5.91. The largest absolute Gasteiger partial charge is 0.416 e. The number of alkyl halides is 6. The lowest BCUT2D eigenvalue weighted by Crippen LogP contribution is -2.14.